The van der Waals surface area contributed by atoms with Crippen LogP contribution in [0.2, 0.25) is 0 Å². The Labute approximate surface area is 92.8 Å². The molecule has 15 heavy (non-hydrogen) atoms. The van der Waals surface area contributed by atoms with Gasteiger partial charge >= 0.3 is 0 Å². The molecular weight excluding hydrogens is 188 g/mol. The van der Waals surface area contributed by atoms with Crippen LogP contribution >= 0.6 is 0 Å². The van der Waals surface area contributed by atoms with Gasteiger partial charge in [0, 0.05) is 18.5 Å². The first kappa shape index (κ1) is 12.5. The Morgan fingerprint density at radius 3 is 2.53 bits per heavy atom. The summed E-state index contributed by atoms with van der Waals surface area (Å²) in [6, 6.07) is 0.323. The van der Waals surface area contributed by atoms with E-state index in [0.717, 1.165) is 38.6 Å². The van der Waals surface area contributed by atoms with Crippen molar-refractivity contribution in [3.05, 3.63) is 0 Å². The maximum atomic E-state index is 11.8. The average molecular weight is 212 g/mol. The van der Waals surface area contributed by atoms with Crippen LogP contribution in [0.1, 0.15) is 46.0 Å². The number of nitrogens with two attached hydrogens (primary N) is 1. The van der Waals surface area contributed by atoms with Gasteiger partial charge in [-0.3, -0.25) is 4.79 Å². The molecule has 0 spiro atoms. The smallest absolute Gasteiger partial charge is 0.223 e. The van der Waals surface area contributed by atoms with Gasteiger partial charge in [0.15, 0.2) is 0 Å². The summed E-state index contributed by atoms with van der Waals surface area (Å²) in [7, 11) is 0. The zero-order valence-corrected chi connectivity index (χ0v) is 9.96. The number of carbonyl (C=O) groups is 1. The van der Waals surface area contributed by atoms with Gasteiger partial charge in [-0.1, -0.05) is 20.3 Å². The molecule has 0 aromatic carbocycles. The van der Waals surface area contributed by atoms with Crippen LogP contribution in [-0.2, 0) is 4.79 Å². The fourth-order valence-electron chi connectivity index (χ4n) is 1.94. The molecule has 0 saturated heterocycles. The lowest BCUT2D eigenvalue weighted by Gasteiger charge is -2.25. The second-order valence-corrected chi connectivity index (χ2v) is 4.87. The lowest BCUT2D eigenvalue weighted by Crippen LogP contribution is -2.37. The molecule has 0 aromatic rings. The van der Waals surface area contributed by atoms with Gasteiger partial charge in [0.05, 0.1) is 0 Å². The number of rotatable bonds is 4. The molecule has 1 amide bonds. The van der Waals surface area contributed by atoms with Crippen LogP contribution in [0.25, 0.3) is 0 Å². The Hall–Kier alpha value is -0.570. The van der Waals surface area contributed by atoms with Crippen LogP contribution in [0.3, 0.4) is 0 Å². The fourth-order valence-corrected chi connectivity index (χ4v) is 1.94. The Balaban J connectivity index is 2.22. The molecule has 88 valence electrons. The van der Waals surface area contributed by atoms with E-state index in [0.29, 0.717) is 12.0 Å². The monoisotopic (exact) mass is 212 g/mol. The normalized spacial score (nSPS) is 28.5. The van der Waals surface area contributed by atoms with E-state index < -0.39 is 0 Å². The van der Waals surface area contributed by atoms with E-state index >= 15 is 0 Å². The van der Waals surface area contributed by atoms with E-state index in [9.17, 15) is 4.79 Å². The van der Waals surface area contributed by atoms with Crippen LogP contribution in [0, 0.1) is 11.8 Å². The highest BCUT2D eigenvalue weighted by Gasteiger charge is 2.24. The largest absolute Gasteiger partial charge is 0.356 e. The maximum Gasteiger partial charge on any atom is 0.223 e. The SMILES string of the molecule is CCC(C)CNC(=O)C1CCC(N)CC1. The number of amides is 1. The molecule has 0 aromatic heterocycles. The van der Waals surface area contributed by atoms with Crippen LogP contribution < -0.4 is 11.1 Å². The van der Waals surface area contributed by atoms with Crippen LogP contribution in [-0.4, -0.2) is 18.5 Å². The van der Waals surface area contributed by atoms with E-state index in [2.05, 4.69) is 19.2 Å². The number of hydrogen-bond acceptors (Lipinski definition) is 2. The van der Waals surface area contributed by atoms with E-state index in [1.165, 1.54) is 0 Å². The number of hydrogen-bond donors (Lipinski definition) is 2. The van der Waals surface area contributed by atoms with E-state index in [4.69, 9.17) is 5.73 Å². The van der Waals surface area contributed by atoms with E-state index in [-0.39, 0.29) is 11.8 Å². The molecule has 3 nitrogen and oxygen atoms in total. The minimum absolute atomic E-state index is 0.217. The Morgan fingerprint density at radius 1 is 1.40 bits per heavy atom. The van der Waals surface area contributed by atoms with Gasteiger partial charge in [-0.05, 0) is 31.6 Å². The van der Waals surface area contributed by atoms with Crippen molar-refractivity contribution in [3.8, 4) is 0 Å². The molecule has 3 N–H and O–H groups in total. The summed E-state index contributed by atoms with van der Waals surface area (Å²) in [5.74, 6) is 1.04. The van der Waals surface area contributed by atoms with Gasteiger partial charge < -0.3 is 11.1 Å². The molecule has 0 heterocycles. The highest BCUT2D eigenvalue weighted by Crippen LogP contribution is 2.23. The molecule has 1 unspecified atom stereocenters. The van der Waals surface area contributed by atoms with Crippen molar-refractivity contribution in [1.29, 1.82) is 0 Å². The summed E-state index contributed by atoms with van der Waals surface area (Å²) < 4.78 is 0. The van der Waals surface area contributed by atoms with Gasteiger partial charge in [-0.25, -0.2) is 0 Å². The van der Waals surface area contributed by atoms with Gasteiger partial charge in [0.25, 0.3) is 0 Å². The first-order chi connectivity index (χ1) is 7.13. The van der Waals surface area contributed by atoms with Crippen LogP contribution in [0.15, 0.2) is 0 Å². The van der Waals surface area contributed by atoms with Crippen LogP contribution in [0.4, 0.5) is 0 Å². The van der Waals surface area contributed by atoms with Crippen molar-refractivity contribution in [2.75, 3.05) is 6.54 Å². The molecule has 0 bridgehead atoms. The molecule has 1 fully saturated rings. The highest BCUT2D eigenvalue weighted by atomic mass is 16.1. The maximum absolute atomic E-state index is 11.8. The second-order valence-electron chi connectivity index (χ2n) is 4.87. The fraction of sp³-hybridized carbons (Fsp3) is 0.917. The summed E-state index contributed by atoms with van der Waals surface area (Å²) in [5.41, 5.74) is 5.81. The molecule has 3 heteroatoms. The predicted octanol–water partition coefficient (Wildman–Crippen LogP) is 1.67. The molecular formula is C12H24N2O. The van der Waals surface area contributed by atoms with E-state index in [1.807, 2.05) is 0 Å². The third-order valence-corrected chi connectivity index (χ3v) is 3.46. The van der Waals surface area contributed by atoms with E-state index in [1.54, 1.807) is 0 Å². The standard InChI is InChI=1S/C12H24N2O/c1-3-9(2)8-14-12(15)10-4-6-11(13)7-5-10/h9-11H,3-8,13H2,1-2H3,(H,14,15). The van der Waals surface area contributed by atoms with Gasteiger partial charge in [0.2, 0.25) is 5.91 Å². The lowest BCUT2D eigenvalue weighted by molar-refractivity contribution is -0.126. The first-order valence-corrected chi connectivity index (χ1v) is 6.16. The van der Waals surface area contributed by atoms with Crippen molar-refractivity contribution in [2.45, 2.75) is 52.0 Å². The molecule has 1 atom stereocenters. The molecule has 1 rings (SSSR count). The van der Waals surface area contributed by atoms with Crippen molar-refractivity contribution in [1.82, 2.24) is 5.32 Å². The Kier molecular flexibility index (Phi) is 5.09. The van der Waals surface area contributed by atoms with Crippen molar-refractivity contribution in [2.24, 2.45) is 17.6 Å². The number of carbonyl (C=O) groups excluding carboxylic acids is 1. The van der Waals surface area contributed by atoms with Crippen molar-refractivity contribution < 1.29 is 4.79 Å². The minimum Gasteiger partial charge on any atom is -0.356 e. The zero-order chi connectivity index (χ0) is 11.3. The summed E-state index contributed by atoms with van der Waals surface area (Å²) in [5, 5.41) is 3.04. The van der Waals surface area contributed by atoms with Crippen LogP contribution in [0.5, 0.6) is 0 Å². The molecule has 0 radical (unpaired) electrons. The topological polar surface area (TPSA) is 55.1 Å². The Bertz CT molecular complexity index is 198. The molecule has 1 aliphatic carbocycles. The summed E-state index contributed by atoms with van der Waals surface area (Å²) in [4.78, 5) is 11.8. The highest BCUT2D eigenvalue weighted by molar-refractivity contribution is 5.78. The van der Waals surface area contributed by atoms with Crippen molar-refractivity contribution in [3.63, 3.8) is 0 Å². The summed E-state index contributed by atoms with van der Waals surface area (Å²) in [6.45, 7) is 5.13. The van der Waals surface area contributed by atoms with Crippen molar-refractivity contribution >= 4 is 5.91 Å². The van der Waals surface area contributed by atoms with Gasteiger partial charge in [-0.15, -0.1) is 0 Å². The average Bonchev–Trinajstić information content (AvgIpc) is 2.26. The third-order valence-electron chi connectivity index (χ3n) is 3.46. The minimum atomic E-state index is 0.217. The summed E-state index contributed by atoms with van der Waals surface area (Å²) >= 11 is 0. The third kappa shape index (κ3) is 4.20. The zero-order valence-electron chi connectivity index (χ0n) is 9.96. The molecule has 0 aliphatic heterocycles. The second kappa shape index (κ2) is 6.11. The van der Waals surface area contributed by atoms with Gasteiger partial charge in [-0.2, -0.15) is 0 Å². The molecule has 1 saturated carbocycles. The number of nitrogens with one attached hydrogen (secondary N) is 1. The predicted molar refractivity (Wildman–Crippen MR) is 62.4 cm³/mol. The van der Waals surface area contributed by atoms with Gasteiger partial charge in [0.1, 0.15) is 0 Å². The Morgan fingerprint density at radius 2 is 2.00 bits per heavy atom. The first-order valence-electron chi connectivity index (χ1n) is 6.16. The molecule has 1 aliphatic rings. The lowest BCUT2D eigenvalue weighted by atomic mass is 9.86. The summed E-state index contributed by atoms with van der Waals surface area (Å²) in [6.07, 6.45) is 5.06. The quantitative estimate of drug-likeness (QED) is 0.744.